The highest BCUT2D eigenvalue weighted by Gasteiger charge is 2.12. The van der Waals surface area contributed by atoms with Crippen molar-refractivity contribution in [2.45, 2.75) is 6.54 Å². The van der Waals surface area contributed by atoms with E-state index in [1.807, 2.05) is 12.1 Å². The third kappa shape index (κ3) is 2.49. The highest BCUT2D eigenvalue weighted by molar-refractivity contribution is 6.31. The smallest absolute Gasteiger partial charge is 0.176 e. The molecule has 0 saturated carbocycles. The number of imidazole rings is 1. The summed E-state index contributed by atoms with van der Waals surface area (Å²) >= 11 is 6.07. The first kappa shape index (κ1) is 12.9. The van der Waals surface area contributed by atoms with Crippen LogP contribution >= 0.6 is 11.6 Å². The van der Waals surface area contributed by atoms with Crippen LogP contribution in [0.1, 0.15) is 17.1 Å². The molecule has 6 nitrogen and oxygen atoms in total. The molecule has 19 heavy (non-hydrogen) atoms. The van der Waals surface area contributed by atoms with Crippen molar-refractivity contribution in [3.05, 3.63) is 40.6 Å². The van der Waals surface area contributed by atoms with Gasteiger partial charge < -0.3 is 9.88 Å². The second-order valence-corrected chi connectivity index (χ2v) is 4.08. The molecule has 0 amide bonds. The summed E-state index contributed by atoms with van der Waals surface area (Å²) < 4.78 is 1.55. The molecule has 0 aliphatic heterocycles. The van der Waals surface area contributed by atoms with Crippen LogP contribution in [-0.2, 0) is 6.54 Å². The van der Waals surface area contributed by atoms with Gasteiger partial charge in [-0.2, -0.15) is 10.5 Å². The van der Waals surface area contributed by atoms with E-state index >= 15 is 0 Å². The molecule has 0 aromatic carbocycles. The van der Waals surface area contributed by atoms with Gasteiger partial charge in [0.1, 0.15) is 18.0 Å². The second-order valence-electron chi connectivity index (χ2n) is 3.67. The summed E-state index contributed by atoms with van der Waals surface area (Å²) in [6.45, 7) is 0.284. The number of hydrogen-bond acceptors (Lipinski definition) is 5. The van der Waals surface area contributed by atoms with Crippen molar-refractivity contribution in [2.75, 3.05) is 12.4 Å². The van der Waals surface area contributed by atoms with Gasteiger partial charge in [0.15, 0.2) is 11.4 Å². The molecule has 1 N–H and O–H groups in total. The van der Waals surface area contributed by atoms with E-state index in [1.54, 1.807) is 23.7 Å². The molecule has 0 atom stereocenters. The van der Waals surface area contributed by atoms with Crippen LogP contribution in [0, 0.1) is 22.7 Å². The maximum absolute atomic E-state index is 9.04. The summed E-state index contributed by atoms with van der Waals surface area (Å²) in [5.74, 6) is 0.679. The Morgan fingerprint density at radius 3 is 2.79 bits per heavy atom. The van der Waals surface area contributed by atoms with E-state index < -0.39 is 0 Å². The average molecular weight is 273 g/mol. The van der Waals surface area contributed by atoms with Crippen LogP contribution in [0.5, 0.6) is 0 Å². The Balaban J connectivity index is 2.40. The normalized spacial score (nSPS) is 9.68. The molecule has 0 bridgehead atoms. The van der Waals surface area contributed by atoms with Crippen molar-refractivity contribution in [3.63, 3.8) is 0 Å². The summed E-state index contributed by atoms with van der Waals surface area (Å²) in [6, 6.07) is 7.31. The fourth-order valence-electron chi connectivity index (χ4n) is 1.60. The minimum absolute atomic E-state index is 0.100. The first-order valence-electron chi connectivity index (χ1n) is 5.38. The van der Waals surface area contributed by atoms with Gasteiger partial charge in [-0.05, 0) is 12.1 Å². The lowest BCUT2D eigenvalue weighted by atomic mass is 10.3. The minimum Gasteiger partial charge on any atom is -0.373 e. The Morgan fingerprint density at radius 2 is 2.16 bits per heavy atom. The zero-order valence-corrected chi connectivity index (χ0v) is 10.8. The van der Waals surface area contributed by atoms with Crippen LogP contribution in [0.25, 0.3) is 0 Å². The van der Waals surface area contributed by atoms with Crippen LogP contribution in [0.15, 0.2) is 18.5 Å². The van der Waals surface area contributed by atoms with Gasteiger partial charge in [-0.3, -0.25) is 0 Å². The highest BCUT2D eigenvalue weighted by atomic mass is 35.5. The van der Waals surface area contributed by atoms with Crippen LogP contribution in [0.2, 0.25) is 5.02 Å². The molecule has 2 aromatic heterocycles. The van der Waals surface area contributed by atoms with Crippen molar-refractivity contribution in [3.8, 4) is 12.1 Å². The molecule has 0 spiro atoms. The van der Waals surface area contributed by atoms with Gasteiger partial charge in [-0.25, -0.2) is 9.97 Å². The van der Waals surface area contributed by atoms with Crippen LogP contribution < -0.4 is 5.32 Å². The van der Waals surface area contributed by atoms with E-state index in [0.29, 0.717) is 16.5 Å². The molecule has 0 aliphatic rings. The summed E-state index contributed by atoms with van der Waals surface area (Å²) in [5.41, 5.74) is 0.908. The zero-order chi connectivity index (χ0) is 13.8. The zero-order valence-electron chi connectivity index (χ0n) is 10.1. The van der Waals surface area contributed by atoms with Crippen molar-refractivity contribution in [1.82, 2.24) is 14.5 Å². The quantitative estimate of drug-likeness (QED) is 0.919. The maximum atomic E-state index is 9.04. The van der Waals surface area contributed by atoms with E-state index in [2.05, 4.69) is 15.3 Å². The Kier molecular flexibility index (Phi) is 3.65. The van der Waals surface area contributed by atoms with Gasteiger partial charge in [-0.1, -0.05) is 11.6 Å². The summed E-state index contributed by atoms with van der Waals surface area (Å²) in [4.78, 5) is 8.18. The number of hydrogen-bond donors (Lipinski definition) is 1. The van der Waals surface area contributed by atoms with Crippen LogP contribution in [0.4, 0.5) is 5.82 Å². The monoisotopic (exact) mass is 272 g/mol. The van der Waals surface area contributed by atoms with E-state index in [9.17, 15) is 0 Å². The second kappa shape index (κ2) is 5.38. The third-order valence-corrected chi connectivity index (χ3v) is 2.89. The fraction of sp³-hybridized carbons (Fsp3) is 0.167. The molecule has 0 unspecified atom stereocenters. The molecule has 0 aliphatic carbocycles. The number of aromatic nitrogens is 3. The lowest BCUT2D eigenvalue weighted by Crippen LogP contribution is -2.05. The molecule has 0 radical (unpaired) electrons. The lowest BCUT2D eigenvalue weighted by molar-refractivity contribution is 0.764. The van der Waals surface area contributed by atoms with Crippen LogP contribution in [-0.4, -0.2) is 21.6 Å². The van der Waals surface area contributed by atoms with Crippen molar-refractivity contribution in [1.29, 1.82) is 10.5 Å². The van der Waals surface area contributed by atoms with Gasteiger partial charge in [0.05, 0.1) is 23.6 Å². The van der Waals surface area contributed by atoms with E-state index in [1.165, 1.54) is 6.33 Å². The fourth-order valence-corrected chi connectivity index (χ4v) is 1.76. The van der Waals surface area contributed by atoms with Gasteiger partial charge in [0.25, 0.3) is 0 Å². The molecule has 2 heterocycles. The third-order valence-electron chi connectivity index (χ3n) is 2.54. The number of halogens is 1. The van der Waals surface area contributed by atoms with Gasteiger partial charge in [-0.15, -0.1) is 0 Å². The maximum Gasteiger partial charge on any atom is 0.176 e. The number of nitriles is 2. The number of nitrogens with one attached hydrogen (secondary N) is 1. The molecular weight excluding hydrogens is 264 g/mol. The largest absolute Gasteiger partial charge is 0.373 e. The number of nitrogens with zero attached hydrogens (tertiary/aromatic N) is 5. The first-order chi connectivity index (χ1) is 9.19. The van der Waals surface area contributed by atoms with E-state index in [4.69, 9.17) is 22.1 Å². The number of pyridine rings is 1. The topological polar surface area (TPSA) is 90.3 Å². The van der Waals surface area contributed by atoms with E-state index in [-0.39, 0.29) is 17.9 Å². The Morgan fingerprint density at radius 1 is 1.37 bits per heavy atom. The predicted molar refractivity (Wildman–Crippen MR) is 69.6 cm³/mol. The summed E-state index contributed by atoms with van der Waals surface area (Å²) in [6.07, 6.45) is 1.43. The van der Waals surface area contributed by atoms with Crippen molar-refractivity contribution >= 4 is 17.4 Å². The number of rotatable bonds is 3. The van der Waals surface area contributed by atoms with Gasteiger partial charge in [0, 0.05) is 7.05 Å². The standard InChI is InChI=1S/C12H9ClN6/c1-16-12-3-2-8(13)10(18-12)6-19-7-17-9(4-14)11(19)5-15/h2-3,7H,6H2,1H3,(H,16,18). The molecule has 0 fully saturated rings. The lowest BCUT2D eigenvalue weighted by Gasteiger charge is -2.07. The summed E-state index contributed by atoms with van der Waals surface area (Å²) in [5, 5.41) is 21.3. The molecule has 94 valence electrons. The summed E-state index contributed by atoms with van der Waals surface area (Å²) in [7, 11) is 1.76. The number of anilines is 1. The van der Waals surface area contributed by atoms with Gasteiger partial charge in [0.2, 0.25) is 0 Å². The SMILES string of the molecule is CNc1ccc(Cl)c(Cn2cnc(C#N)c2C#N)n1. The molecular formula is C12H9ClN6. The average Bonchev–Trinajstić information content (AvgIpc) is 2.83. The van der Waals surface area contributed by atoms with E-state index in [0.717, 1.165) is 0 Å². The Labute approximate surface area is 114 Å². The molecule has 2 aromatic rings. The Hall–Kier alpha value is -2.57. The Bertz CT molecular complexity index is 691. The van der Waals surface area contributed by atoms with Crippen molar-refractivity contribution < 1.29 is 0 Å². The van der Waals surface area contributed by atoms with Crippen molar-refractivity contribution in [2.24, 2.45) is 0 Å². The predicted octanol–water partition coefficient (Wildman–Crippen LogP) is 1.76. The minimum atomic E-state index is 0.100. The van der Waals surface area contributed by atoms with Crippen LogP contribution in [0.3, 0.4) is 0 Å². The van der Waals surface area contributed by atoms with Gasteiger partial charge >= 0.3 is 0 Å². The molecule has 0 saturated heterocycles. The first-order valence-corrected chi connectivity index (χ1v) is 5.76. The molecule has 7 heteroatoms. The molecule has 2 rings (SSSR count). The highest BCUT2D eigenvalue weighted by Crippen LogP contribution is 2.18.